The number of hydrogen-bond donors (Lipinski definition) is 2. The van der Waals surface area contributed by atoms with Crippen molar-refractivity contribution in [2.24, 2.45) is 11.7 Å². The van der Waals surface area contributed by atoms with Crippen LogP contribution in [-0.2, 0) is 13.1 Å². The normalized spacial score (nSPS) is 18.0. The van der Waals surface area contributed by atoms with Crippen LogP contribution in [0.3, 0.4) is 0 Å². The van der Waals surface area contributed by atoms with Gasteiger partial charge in [0.25, 0.3) is 5.56 Å². The first kappa shape index (κ1) is 17.0. The average molecular weight is 362 g/mol. The van der Waals surface area contributed by atoms with Gasteiger partial charge in [-0.2, -0.15) is 0 Å². The van der Waals surface area contributed by atoms with Crippen molar-refractivity contribution in [2.45, 2.75) is 58.2 Å². The van der Waals surface area contributed by atoms with E-state index in [1.165, 1.54) is 23.8 Å². The van der Waals surface area contributed by atoms with Crippen LogP contribution in [0, 0.1) is 12.8 Å². The minimum atomic E-state index is -0.102. The number of aromatic nitrogens is 2. The van der Waals surface area contributed by atoms with Crippen molar-refractivity contribution in [3.8, 4) is 0 Å². The van der Waals surface area contributed by atoms with Crippen LogP contribution in [0.15, 0.2) is 9.59 Å². The predicted octanol–water partition coefficient (Wildman–Crippen LogP) is 1.72. The van der Waals surface area contributed by atoms with E-state index in [2.05, 4.69) is 5.32 Å². The van der Waals surface area contributed by atoms with Crippen LogP contribution in [-0.4, -0.2) is 22.2 Å². The van der Waals surface area contributed by atoms with Crippen molar-refractivity contribution in [3.63, 3.8) is 0 Å². The van der Waals surface area contributed by atoms with E-state index in [1.807, 2.05) is 11.5 Å². The Balaban J connectivity index is 1.86. The van der Waals surface area contributed by atoms with E-state index in [9.17, 15) is 9.59 Å². The van der Waals surface area contributed by atoms with Gasteiger partial charge in [-0.1, -0.05) is 6.42 Å². The van der Waals surface area contributed by atoms with E-state index in [1.54, 1.807) is 11.3 Å². The van der Waals surface area contributed by atoms with Crippen LogP contribution >= 0.6 is 11.3 Å². The summed E-state index contributed by atoms with van der Waals surface area (Å²) in [5.41, 5.74) is 6.38. The third-order valence-corrected chi connectivity index (χ3v) is 6.84. The molecule has 6 nitrogen and oxygen atoms in total. The maximum absolute atomic E-state index is 13.0. The van der Waals surface area contributed by atoms with Crippen LogP contribution in [0.25, 0.3) is 10.2 Å². The van der Waals surface area contributed by atoms with Gasteiger partial charge in [0.05, 0.1) is 5.39 Å². The summed E-state index contributed by atoms with van der Waals surface area (Å²) >= 11 is 1.59. The lowest BCUT2D eigenvalue weighted by atomic mass is 9.85. The van der Waals surface area contributed by atoms with Gasteiger partial charge >= 0.3 is 5.69 Å². The minimum Gasteiger partial charge on any atom is -0.329 e. The van der Waals surface area contributed by atoms with Crippen molar-refractivity contribution in [1.82, 2.24) is 14.5 Å². The fourth-order valence-electron chi connectivity index (χ4n) is 3.63. The van der Waals surface area contributed by atoms with Crippen molar-refractivity contribution in [2.75, 3.05) is 13.1 Å². The molecule has 2 fully saturated rings. The van der Waals surface area contributed by atoms with Crippen molar-refractivity contribution >= 4 is 21.6 Å². The van der Waals surface area contributed by atoms with Crippen molar-refractivity contribution < 1.29 is 0 Å². The van der Waals surface area contributed by atoms with Gasteiger partial charge in [0.1, 0.15) is 4.83 Å². The Labute approximate surface area is 150 Å². The fraction of sp³-hybridized carbons (Fsp3) is 0.667. The Morgan fingerprint density at radius 1 is 1.24 bits per heavy atom. The molecule has 0 spiro atoms. The third-order valence-electron chi connectivity index (χ3n) is 5.53. The average Bonchev–Trinajstić information content (AvgIpc) is 3.31. The summed E-state index contributed by atoms with van der Waals surface area (Å²) in [7, 11) is 0. The molecule has 2 saturated carbocycles. The molecule has 2 aliphatic rings. The quantitative estimate of drug-likeness (QED) is 0.735. The minimum absolute atomic E-state index is 0.0915. The number of rotatable bonds is 7. The maximum atomic E-state index is 13.0. The Kier molecular flexibility index (Phi) is 4.56. The third kappa shape index (κ3) is 2.98. The number of nitrogens with one attached hydrogen (secondary N) is 1. The Hall–Kier alpha value is -1.44. The van der Waals surface area contributed by atoms with Crippen LogP contribution in [0.2, 0.25) is 0 Å². The molecule has 0 amide bonds. The Morgan fingerprint density at radius 3 is 2.60 bits per heavy atom. The summed E-state index contributed by atoms with van der Waals surface area (Å²) < 4.78 is 3.42. The first-order valence-electron chi connectivity index (χ1n) is 9.30. The molecule has 2 heterocycles. The van der Waals surface area contributed by atoms with Gasteiger partial charge in [0.2, 0.25) is 0 Å². The molecule has 0 aliphatic heterocycles. The monoisotopic (exact) mass is 362 g/mol. The zero-order valence-electron chi connectivity index (χ0n) is 14.7. The molecular formula is C18H26N4O2S. The van der Waals surface area contributed by atoms with Gasteiger partial charge in [-0.15, -0.1) is 11.3 Å². The molecule has 25 heavy (non-hydrogen) atoms. The van der Waals surface area contributed by atoms with Gasteiger partial charge in [-0.05, 0) is 44.1 Å². The molecule has 2 aromatic heterocycles. The molecule has 0 unspecified atom stereocenters. The van der Waals surface area contributed by atoms with Gasteiger partial charge in [0, 0.05) is 37.1 Å². The number of hydrogen-bond acceptors (Lipinski definition) is 5. The maximum Gasteiger partial charge on any atom is 0.332 e. The van der Waals surface area contributed by atoms with E-state index >= 15 is 0 Å². The first-order valence-corrected chi connectivity index (χ1v) is 10.1. The van der Waals surface area contributed by atoms with Gasteiger partial charge in [0.15, 0.2) is 0 Å². The second-order valence-electron chi connectivity index (χ2n) is 7.39. The van der Waals surface area contributed by atoms with E-state index in [0.717, 1.165) is 46.6 Å². The smallest absolute Gasteiger partial charge is 0.329 e. The number of fused-ring (bicyclic) bond motifs is 1. The van der Waals surface area contributed by atoms with E-state index in [0.29, 0.717) is 19.0 Å². The molecule has 7 heteroatoms. The summed E-state index contributed by atoms with van der Waals surface area (Å²) in [5, 5.41) is 4.06. The summed E-state index contributed by atoms with van der Waals surface area (Å²) in [4.78, 5) is 28.1. The second-order valence-corrected chi connectivity index (χ2v) is 8.48. The van der Waals surface area contributed by atoms with Crippen LogP contribution in [0.5, 0.6) is 0 Å². The lowest BCUT2D eigenvalue weighted by molar-refractivity contribution is 0.274. The Morgan fingerprint density at radius 2 is 2.00 bits per heavy atom. The van der Waals surface area contributed by atoms with E-state index in [4.69, 9.17) is 5.73 Å². The molecule has 0 atom stereocenters. The zero-order chi connectivity index (χ0) is 17.6. The zero-order valence-corrected chi connectivity index (χ0v) is 15.5. The number of thiophene rings is 1. The fourth-order valence-corrected chi connectivity index (χ4v) is 4.90. The standard InChI is InChI=1S/C18H26N4O2S/c1-11-14(9-20-8-7-19)25-17-15(11)16(23)22(13-5-6-13)18(24)21(17)10-12-3-2-4-12/h12-13,20H,2-10,19H2,1H3. The lowest BCUT2D eigenvalue weighted by Gasteiger charge is -2.26. The topological polar surface area (TPSA) is 82.1 Å². The van der Waals surface area contributed by atoms with Gasteiger partial charge in [-0.3, -0.25) is 13.9 Å². The summed E-state index contributed by atoms with van der Waals surface area (Å²) in [5.74, 6) is 0.576. The highest BCUT2D eigenvalue weighted by atomic mass is 32.1. The molecule has 2 aliphatic carbocycles. The molecule has 0 radical (unpaired) electrons. The molecule has 3 N–H and O–H groups in total. The van der Waals surface area contributed by atoms with Crippen molar-refractivity contribution in [3.05, 3.63) is 31.3 Å². The summed E-state index contributed by atoms with van der Waals surface area (Å²) in [6, 6.07) is 0.107. The van der Waals surface area contributed by atoms with E-state index < -0.39 is 0 Å². The highest BCUT2D eigenvalue weighted by molar-refractivity contribution is 7.18. The molecule has 2 aromatic rings. The molecular weight excluding hydrogens is 336 g/mol. The summed E-state index contributed by atoms with van der Waals surface area (Å²) in [6.07, 6.45) is 5.51. The van der Waals surface area contributed by atoms with E-state index in [-0.39, 0.29) is 17.3 Å². The summed E-state index contributed by atoms with van der Waals surface area (Å²) in [6.45, 7) is 4.79. The lowest BCUT2D eigenvalue weighted by Crippen LogP contribution is -2.40. The highest BCUT2D eigenvalue weighted by Crippen LogP contribution is 2.35. The van der Waals surface area contributed by atoms with Crippen molar-refractivity contribution in [1.29, 1.82) is 0 Å². The van der Waals surface area contributed by atoms with Gasteiger partial charge in [-0.25, -0.2) is 4.79 Å². The molecule has 136 valence electrons. The van der Waals surface area contributed by atoms with Crippen LogP contribution < -0.4 is 22.3 Å². The molecule has 0 saturated heterocycles. The number of aryl methyl sites for hydroxylation is 1. The molecule has 4 rings (SSSR count). The Bertz CT molecular complexity index is 902. The molecule has 0 aromatic carbocycles. The largest absolute Gasteiger partial charge is 0.332 e. The van der Waals surface area contributed by atoms with Gasteiger partial charge < -0.3 is 11.1 Å². The van der Waals surface area contributed by atoms with Crippen LogP contribution in [0.4, 0.5) is 0 Å². The highest BCUT2D eigenvalue weighted by Gasteiger charge is 2.31. The first-order chi connectivity index (χ1) is 12.1. The molecule has 0 bridgehead atoms. The van der Waals surface area contributed by atoms with Crippen LogP contribution in [0.1, 0.15) is 48.6 Å². The number of nitrogens with two attached hydrogens (primary N) is 1. The second kappa shape index (κ2) is 6.70. The predicted molar refractivity (Wildman–Crippen MR) is 101 cm³/mol. The number of nitrogens with zero attached hydrogens (tertiary/aromatic N) is 2. The SMILES string of the molecule is Cc1c(CNCCN)sc2c1c(=O)n(C1CC1)c(=O)n2CC1CCC1.